The fourth-order valence-corrected chi connectivity index (χ4v) is 2.65. The van der Waals surface area contributed by atoms with Gasteiger partial charge in [0, 0.05) is 24.7 Å². The minimum Gasteiger partial charge on any atom is -0.389 e. The fraction of sp³-hybridized carbons (Fsp3) is 0.533. The van der Waals surface area contributed by atoms with Crippen LogP contribution in [0, 0.1) is 11.7 Å². The maximum Gasteiger partial charge on any atom is 0.124 e. The van der Waals surface area contributed by atoms with Crippen molar-refractivity contribution in [2.45, 2.75) is 38.3 Å². The van der Waals surface area contributed by atoms with Crippen LogP contribution in [-0.2, 0) is 6.54 Å². The van der Waals surface area contributed by atoms with Crippen LogP contribution in [0.15, 0.2) is 18.2 Å². The zero-order chi connectivity index (χ0) is 13.4. The molecule has 3 rings (SSSR count). The summed E-state index contributed by atoms with van der Waals surface area (Å²) in [6.07, 6.45) is 5.27. The van der Waals surface area contributed by atoms with Crippen molar-refractivity contribution in [3.8, 4) is 0 Å². The van der Waals surface area contributed by atoms with E-state index in [-0.39, 0.29) is 10.8 Å². The van der Waals surface area contributed by atoms with Crippen LogP contribution in [0.1, 0.15) is 36.8 Å². The summed E-state index contributed by atoms with van der Waals surface area (Å²) in [5.41, 5.74) is 7.21. The zero-order valence-corrected chi connectivity index (χ0v) is 11.8. The van der Waals surface area contributed by atoms with Crippen molar-refractivity contribution in [3.63, 3.8) is 0 Å². The van der Waals surface area contributed by atoms with Gasteiger partial charge < -0.3 is 5.73 Å². The SMILES string of the molecule is NC(=S)c1cc(F)cc(CN(CC2CC2)C2CC2)c1. The summed E-state index contributed by atoms with van der Waals surface area (Å²) < 4.78 is 13.6. The molecule has 19 heavy (non-hydrogen) atoms. The van der Waals surface area contributed by atoms with E-state index in [2.05, 4.69) is 4.90 Å². The van der Waals surface area contributed by atoms with Crippen molar-refractivity contribution >= 4 is 17.2 Å². The summed E-state index contributed by atoms with van der Waals surface area (Å²) >= 11 is 4.94. The van der Waals surface area contributed by atoms with Crippen LogP contribution in [0.25, 0.3) is 0 Å². The van der Waals surface area contributed by atoms with Gasteiger partial charge in [0.05, 0.1) is 0 Å². The normalized spacial score (nSPS) is 18.8. The Morgan fingerprint density at radius 1 is 1.26 bits per heavy atom. The molecule has 0 heterocycles. The lowest BCUT2D eigenvalue weighted by atomic mass is 10.1. The van der Waals surface area contributed by atoms with E-state index in [1.54, 1.807) is 6.07 Å². The van der Waals surface area contributed by atoms with E-state index >= 15 is 0 Å². The van der Waals surface area contributed by atoms with Gasteiger partial charge in [-0.2, -0.15) is 0 Å². The number of halogens is 1. The van der Waals surface area contributed by atoms with Crippen LogP contribution in [0.3, 0.4) is 0 Å². The third-order valence-electron chi connectivity index (χ3n) is 3.88. The summed E-state index contributed by atoms with van der Waals surface area (Å²) in [6, 6.07) is 5.64. The minimum absolute atomic E-state index is 0.248. The van der Waals surface area contributed by atoms with Gasteiger partial charge >= 0.3 is 0 Å². The Morgan fingerprint density at radius 3 is 2.58 bits per heavy atom. The molecule has 2 saturated carbocycles. The number of nitrogens with zero attached hydrogens (tertiary/aromatic N) is 1. The zero-order valence-electron chi connectivity index (χ0n) is 10.9. The van der Waals surface area contributed by atoms with E-state index in [4.69, 9.17) is 18.0 Å². The minimum atomic E-state index is -0.248. The molecular formula is C15H19FN2S. The number of rotatable bonds is 6. The molecule has 2 fully saturated rings. The van der Waals surface area contributed by atoms with Gasteiger partial charge in [0.2, 0.25) is 0 Å². The van der Waals surface area contributed by atoms with Gasteiger partial charge in [0.25, 0.3) is 0 Å². The van der Waals surface area contributed by atoms with Crippen molar-refractivity contribution in [2.75, 3.05) is 6.54 Å². The second kappa shape index (κ2) is 5.17. The average molecular weight is 278 g/mol. The molecule has 0 bridgehead atoms. The molecule has 0 spiro atoms. The first-order valence-corrected chi connectivity index (χ1v) is 7.36. The summed E-state index contributed by atoms with van der Waals surface area (Å²) in [5, 5.41) is 0. The van der Waals surface area contributed by atoms with Gasteiger partial charge in [-0.05, 0) is 55.4 Å². The molecule has 2 aliphatic rings. The van der Waals surface area contributed by atoms with Crippen LogP contribution in [-0.4, -0.2) is 22.5 Å². The Labute approximate surface area is 118 Å². The Kier molecular flexibility index (Phi) is 3.54. The summed E-state index contributed by atoms with van der Waals surface area (Å²) in [4.78, 5) is 2.76. The Hall–Kier alpha value is -1.00. The van der Waals surface area contributed by atoms with Crippen molar-refractivity contribution in [3.05, 3.63) is 35.1 Å². The average Bonchev–Trinajstić information content (AvgIpc) is 3.21. The molecular weight excluding hydrogens is 259 g/mol. The number of thiocarbonyl (C=S) groups is 1. The summed E-state index contributed by atoms with van der Waals surface area (Å²) in [7, 11) is 0. The van der Waals surface area contributed by atoms with Crippen LogP contribution >= 0.6 is 12.2 Å². The molecule has 2 N–H and O–H groups in total. The standard InChI is InChI=1S/C15H19FN2S/c16-13-6-11(5-12(7-13)15(17)19)9-18(14-3-4-14)8-10-1-2-10/h5-7,10,14H,1-4,8-9H2,(H2,17,19). The number of benzene rings is 1. The molecule has 0 radical (unpaired) electrons. The molecule has 2 aliphatic carbocycles. The molecule has 1 aromatic rings. The molecule has 0 amide bonds. The van der Waals surface area contributed by atoms with Crippen LogP contribution in [0.4, 0.5) is 4.39 Å². The monoisotopic (exact) mass is 278 g/mol. The van der Waals surface area contributed by atoms with Gasteiger partial charge in [-0.3, -0.25) is 4.90 Å². The molecule has 4 heteroatoms. The molecule has 0 unspecified atom stereocenters. The highest BCUT2D eigenvalue weighted by atomic mass is 32.1. The largest absolute Gasteiger partial charge is 0.389 e. The first kappa shape index (κ1) is 13.0. The van der Waals surface area contributed by atoms with E-state index in [9.17, 15) is 4.39 Å². The second-order valence-corrected chi connectivity index (χ2v) is 6.26. The highest BCUT2D eigenvalue weighted by Crippen LogP contribution is 2.35. The molecule has 0 atom stereocenters. The van der Waals surface area contributed by atoms with E-state index in [1.165, 1.54) is 31.7 Å². The van der Waals surface area contributed by atoms with Gasteiger partial charge in [-0.25, -0.2) is 4.39 Å². The van der Waals surface area contributed by atoms with Crippen molar-refractivity contribution < 1.29 is 4.39 Å². The predicted octanol–water partition coefficient (Wildman–Crippen LogP) is 2.83. The molecule has 2 nitrogen and oxygen atoms in total. The molecule has 0 aliphatic heterocycles. The molecule has 1 aromatic carbocycles. The lowest BCUT2D eigenvalue weighted by Crippen LogP contribution is -2.28. The lowest BCUT2D eigenvalue weighted by molar-refractivity contribution is 0.244. The van der Waals surface area contributed by atoms with Gasteiger partial charge in [-0.1, -0.05) is 12.2 Å². The van der Waals surface area contributed by atoms with Gasteiger partial charge in [0.1, 0.15) is 10.8 Å². The van der Waals surface area contributed by atoms with Crippen molar-refractivity contribution in [2.24, 2.45) is 11.7 Å². The van der Waals surface area contributed by atoms with Gasteiger partial charge in [-0.15, -0.1) is 0 Å². The summed E-state index contributed by atoms with van der Waals surface area (Å²) in [6.45, 7) is 1.97. The number of hydrogen-bond donors (Lipinski definition) is 1. The second-order valence-electron chi connectivity index (χ2n) is 5.82. The van der Waals surface area contributed by atoms with Crippen LogP contribution < -0.4 is 5.73 Å². The Balaban J connectivity index is 1.74. The lowest BCUT2D eigenvalue weighted by Gasteiger charge is -2.22. The maximum atomic E-state index is 13.6. The van der Waals surface area contributed by atoms with E-state index < -0.39 is 0 Å². The first-order valence-electron chi connectivity index (χ1n) is 6.95. The van der Waals surface area contributed by atoms with Crippen molar-refractivity contribution in [1.82, 2.24) is 4.90 Å². The smallest absolute Gasteiger partial charge is 0.124 e. The highest BCUT2D eigenvalue weighted by Gasteiger charge is 2.33. The molecule has 0 saturated heterocycles. The van der Waals surface area contributed by atoms with E-state index in [1.807, 2.05) is 6.07 Å². The van der Waals surface area contributed by atoms with Crippen LogP contribution in [0.5, 0.6) is 0 Å². The highest BCUT2D eigenvalue weighted by molar-refractivity contribution is 7.80. The Bertz CT molecular complexity index is 495. The molecule has 0 aromatic heterocycles. The number of nitrogens with two attached hydrogens (primary N) is 1. The number of hydrogen-bond acceptors (Lipinski definition) is 2. The third-order valence-corrected chi connectivity index (χ3v) is 4.12. The van der Waals surface area contributed by atoms with Gasteiger partial charge in [0.15, 0.2) is 0 Å². The molecule has 102 valence electrons. The quantitative estimate of drug-likeness (QED) is 0.811. The third kappa shape index (κ3) is 3.51. The fourth-order valence-electron chi connectivity index (χ4n) is 2.53. The van der Waals surface area contributed by atoms with Crippen molar-refractivity contribution in [1.29, 1.82) is 0 Å². The topological polar surface area (TPSA) is 29.3 Å². The van der Waals surface area contributed by atoms with E-state index in [0.717, 1.165) is 24.6 Å². The first-order chi connectivity index (χ1) is 9.11. The maximum absolute atomic E-state index is 13.6. The Morgan fingerprint density at radius 2 is 2.00 bits per heavy atom. The predicted molar refractivity (Wildman–Crippen MR) is 78.4 cm³/mol. The summed E-state index contributed by atoms with van der Waals surface area (Å²) in [5.74, 6) is 0.617. The van der Waals surface area contributed by atoms with Crippen LogP contribution in [0.2, 0.25) is 0 Å². The van der Waals surface area contributed by atoms with E-state index in [0.29, 0.717) is 11.6 Å².